The van der Waals surface area contributed by atoms with Crippen molar-refractivity contribution in [2.45, 2.75) is 19.4 Å². The Labute approximate surface area is 158 Å². The van der Waals surface area contributed by atoms with Gasteiger partial charge >= 0.3 is 0 Å². The zero-order chi connectivity index (χ0) is 19.6. The van der Waals surface area contributed by atoms with Crippen molar-refractivity contribution >= 4 is 5.96 Å². The van der Waals surface area contributed by atoms with Gasteiger partial charge in [0.25, 0.3) is 0 Å². The molecule has 0 fully saturated rings. The van der Waals surface area contributed by atoms with E-state index in [-0.39, 0.29) is 6.10 Å². The Kier molecular flexibility index (Phi) is 7.85. The standard InChI is InChI=1S/C20H25F2N3O2/c1-14(27-19-7-5-4-6-18(19)26-3)13-25-20(23-2)24-9-8-15-10-16(21)12-17(22)11-15/h4-7,10-12,14H,8-9,13H2,1-3H3,(H2,23,24,25). The van der Waals surface area contributed by atoms with Gasteiger partial charge in [-0.2, -0.15) is 0 Å². The lowest BCUT2D eigenvalue weighted by atomic mass is 10.1. The van der Waals surface area contributed by atoms with E-state index < -0.39 is 11.6 Å². The van der Waals surface area contributed by atoms with Gasteiger partial charge in [-0.3, -0.25) is 4.99 Å². The summed E-state index contributed by atoms with van der Waals surface area (Å²) in [5.41, 5.74) is 0.586. The number of rotatable bonds is 8. The summed E-state index contributed by atoms with van der Waals surface area (Å²) in [6.45, 7) is 2.94. The topological polar surface area (TPSA) is 54.9 Å². The Balaban J connectivity index is 1.77. The summed E-state index contributed by atoms with van der Waals surface area (Å²) in [7, 11) is 3.25. The van der Waals surface area contributed by atoms with Crippen LogP contribution in [0.15, 0.2) is 47.5 Å². The van der Waals surface area contributed by atoms with Crippen LogP contribution in [-0.2, 0) is 6.42 Å². The van der Waals surface area contributed by atoms with E-state index in [1.807, 2.05) is 31.2 Å². The van der Waals surface area contributed by atoms with E-state index in [4.69, 9.17) is 9.47 Å². The molecule has 0 aliphatic carbocycles. The van der Waals surface area contributed by atoms with Crippen LogP contribution in [0.5, 0.6) is 11.5 Å². The summed E-state index contributed by atoms with van der Waals surface area (Å²) in [6, 6.07) is 11.0. The summed E-state index contributed by atoms with van der Waals surface area (Å²) < 4.78 is 37.6. The first kappa shape index (κ1) is 20.5. The number of ether oxygens (including phenoxy) is 2. The van der Waals surface area contributed by atoms with Gasteiger partial charge in [-0.1, -0.05) is 12.1 Å². The average Bonchev–Trinajstić information content (AvgIpc) is 2.64. The number of hydrogen-bond acceptors (Lipinski definition) is 3. The Morgan fingerprint density at radius 3 is 2.37 bits per heavy atom. The fraction of sp³-hybridized carbons (Fsp3) is 0.350. The van der Waals surface area contributed by atoms with Gasteiger partial charge in [-0.25, -0.2) is 8.78 Å². The SMILES string of the molecule is CN=C(NCCc1cc(F)cc(F)c1)NCC(C)Oc1ccccc1OC. The number of guanidine groups is 1. The van der Waals surface area contributed by atoms with Gasteiger partial charge in [0, 0.05) is 19.7 Å². The van der Waals surface area contributed by atoms with Crippen molar-refractivity contribution in [3.05, 3.63) is 59.7 Å². The van der Waals surface area contributed by atoms with Crippen molar-refractivity contribution in [1.82, 2.24) is 10.6 Å². The first-order valence-electron chi connectivity index (χ1n) is 8.71. The Bertz CT molecular complexity index is 748. The van der Waals surface area contributed by atoms with E-state index in [0.717, 1.165) is 6.07 Å². The van der Waals surface area contributed by atoms with E-state index in [1.54, 1.807) is 14.2 Å². The quantitative estimate of drug-likeness (QED) is 0.548. The lowest BCUT2D eigenvalue weighted by Crippen LogP contribution is -2.42. The molecule has 0 saturated heterocycles. The normalized spacial score (nSPS) is 12.4. The molecule has 7 heteroatoms. The highest BCUT2D eigenvalue weighted by atomic mass is 19.1. The van der Waals surface area contributed by atoms with Crippen molar-refractivity contribution in [3.63, 3.8) is 0 Å². The van der Waals surface area contributed by atoms with Crippen molar-refractivity contribution in [2.75, 3.05) is 27.2 Å². The zero-order valence-corrected chi connectivity index (χ0v) is 15.8. The fourth-order valence-corrected chi connectivity index (χ4v) is 2.52. The number of nitrogens with zero attached hydrogens (tertiary/aromatic N) is 1. The third-order valence-corrected chi connectivity index (χ3v) is 3.81. The summed E-state index contributed by atoms with van der Waals surface area (Å²) in [5, 5.41) is 6.27. The van der Waals surface area contributed by atoms with Gasteiger partial charge in [0.1, 0.15) is 17.7 Å². The summed E-state index contributed by atoms with van der Waals surface area (Å²) in [6.07, 6.45) is 0.347. The van der Waals surface area contributed by atoms with Crippen LogP contribution in [0.4, 0.5) is 8.78 Å². The van der Waals surface area contributed by atoms with Gasteiger partial charge in [0.2, 0.25) is 0 Å². The zero-order valence-electron chi connectivity index (χ0n) is 15.8. The van der Waals surface area contributed by atoms with Crippen LogP contribution in [0, 0.1) is 11.6 Å². The average molecular weight is 377 g/mol. The number of halogens is 2. The highest BCUT2D eigenvalue weighted by Gasteiger charge is 2.09. The van der Waals surface area contributed by atoms with Crippen LogP contribution in [-0.4, -0.2) is 39.3 Å². The minimum absolute atomic E-state index is 0.128. The minimum atomic E-state index is -0.574. The Morgan fingerprint density at radius 2 is 1.74 bits per heavy atom. The lowest BCUT2D eigenvalue weighted by Gasteiger charge is -2.19. The second-order valence-corrected chi connectivity index (χ2v) is 5.99. The van der Waals surface area contributed by atoms with Gasteiger partial charge in [0.15, 0.2) is 17.5 Å². The van der Waals surface area contributed by atoms with E-state index >= 15 is 0 Å². The van der Waals surface area contributed by atoms with Crippen molar-refractivity contribution < 1.29 is 18.3 Å². The molecule has 146 valence electrons. The first-order chi connectivity index (χ1) is 13.0. The van der Waals surface area contributed by atoms with Crippen LogP contribution < -0.4 is 20.1 Å². The van der Waals surface area contributed by atoms with Gasteiger partial charge in [-0.05, 0) is 43.2 Å². The van der Waals surface area contributed by atoms with Gasteiger partial charge < -0.3 is 20.1 Å². The Hall–Kier alpha value is -2.83. The third kappa shape index (κ3) is 6.77. The number of aliphatic imine (C=N–C) groups is 1. The van der Waals surface area contributed by atoms with Crippen LogP contribution in [0.1, 0.15) is 12.5 Å². The number of nitrogens with one attached hydrogen (secondary N) is 2. The second-order valence-electron chi connectivity index (χ2n) is 5.99. The van der Waals surface area contributed by atoms with E-state index in [0.29, 0.717) is 42.5 Å². The monoisotopic (exact) mass is 377 g/mol. The van der Waals surface area contributed by atoms with E-state index in [9.17, 15) is 8.78 Å². The summed E-state index contributed by atoms with van der Waals surface area (Å²) >= 11 is 0. The molecule has 2 aromatic rings. The molecule has 0 heterocycles. The molecule has 0 aliphatic heterocycles. The molecule has 0 saturated carbocycles. The summed E-state index contributed by atoms with van der Waals surface area (Å²) in [4.78, 5) is 4.13. The number of para-hydroxylation sites is 2. The van der Waals surface area contributed by atoms with Crippen molar-refractivity contribution in [1.29, 1.82) is 0 Å². The molecule has 2 aromatic carbocycles. The van der Waals surface area contributed by atoms with Crippen LogP contribution >= 0.6 is 0 Å². The highest BCUT2D eigenvalue weighted by Crippen LogP contribution is 2.26. The third-order valence-electron chi connectivity index (χ3n) is 3.81. The molecule has 0 aromatic heterocycles. The molecular formula is C20H25F2N3O2. The second kappa shape index (κ2) is 10.4. The highest BCUT2D eigenvalue weighted by molar-refractivity contribution is 5.79. The maximum Gasteiger partial charge on any atom is 0.191 e. The molecule has 0 bridgehead atoms. The van der Waals surface area contributed by atoms with Gasteiger partial charge in [0.05, 0.1) is 13.7 Å². The molecular weight excluding hydrogens is 352 g/mol. The van der Waals surface area contributed by atoms with Crippen LogP contribution in [0.25, 0.3) is 0 Å². The number of methoxy groups -OCH3 is 1. The molecule has 5 nitrogen and oxygen atoms in total. The molecule has 0 radical (unpaired) electrons. The molecule has 2 N–H and O–H groups in total. The predicted molar refractivity (Wildman–Crippen MR) is 103 cm³/mol. The molecule has 0 spiro atoms. The molecule has 0 amide bonds. The van der Waals surface area contributed by atoms with E-state index in [2.05, 4.69) is 15.6 Å². The molecule has 1 unspecified atom stereocenters. The smallest absolute Gasteiger partial charge is 0.191 e. The number of hydrogen-bond donors (Lipinski definition) is 2. The van der Waals surface area contributed by atoms with E-state index in [1.165, 1.54) is 12.1 Å². The van der Waals surface area contributed by atoms with Crippen molar-refractivity contribution in [3.8, 4) is 11.5 Å². The predicted octanol–water partition coefficient (Wildman–Crippen LogP) is 3.15. The maximum absolute atomic E-state index is 13.2. The minimum Gasteiger partial charge on any atom is -0.493 e. The lowest BCUT2D eigenvalue weighted by molar-refractivity contribution is 0.213. The van der Waals surface area contributed by atoms with Gasteiger partial charge in [-0.15, -0.1) is 0 Å². The van der Waals surface area contributed by atoms with Crippen LogP contribution in [0.3, 0.4) is 0 Å². The van der Waals surface area contributed by atoms with Crippen LogP contribution in [0.2, 0.25) is 0 Å². The summed E-state index contributed by atoms with van der Waals surface area (Å²) in [5.74, 6) is 0.784. The largest absolute Gasteiger partial charge is 0.493 e. The molecule has 1 atom stereocenters. The molecule has 2 rings (SSSR count). The molecule has 0 aliphatic rings. The van der Waals surface area contributed by atoms with Crippen molar-refractivity contribution in [2.24, 2.45) is 4.99 Å². The number of benzene rings is 2. The molecule has 27 heavy (non-hydrogen) atoms. The Morgan fingerprint density at radius 1 is 1.07 bits per heavy atom. The fourth-order valence-electron chi connectivity index (χ4n) is 2.52. The first-order valence-corrected chi connectivity index (χ1v) is 8.71. The maximum atomic E-state index is 13.2.